The smallest absolute Gasteiger partial charge is 0.319 e. The maximum atomic E-state index is 12.0. The number of unbranched alkanes of at least 4 members (excludes halogenated alkanes) is 1. The minimum absolute atomic E-state index is 0.0454. The van der Waals surface area contributed by atoms with Gasteiger partial charge >= 0.3 is 5.97 Å². The van der Waals surface area contributed by atoms with Crippen LogP contribution in [-0.2, 0) is 14.3 Å². The monoisotopic (exact) mass is 256 g/mol. The third-order valence-electron chi connectivity index (χ3n) is 3.95. The van der Waals surface area contributed by atoms with Gasteiger partial charge in [0.2, 0.25) is 0 Å². The van der Waals surface area contributed by atoms with E-state index in [2.05, 4.69) is 13.8 Å². The molecule has 1 saturated heterocycles. The van der Waals surface area contributed by atoms with Crippen LogP contribution in [0.2, 0.25) is 0 Å². The summed E-state index contributed by atoms with van der Waals surface area (Å²) in [7, 11) is 0. The van der Waals surface area contributed by atoms with Crippen LogP contribution in [0.4, 0.5) is 0 Å². The Kier molecular flexibility index (Phi) is 5.79. The maximum Gasteiger partial charge on any atom is 0.319 e. The van der Waals surface area contributed by atoms with E-state index >= 15 is 0 Å². The highest BCUT2D eigenvalue weighted by Crippen LogP contribution is 2.35. The van der Waals surface area contributed by atoms with Crippen molar-refractivity contribution in [3.05, 3.63) is 0 Å². The van der Waals surface area contributed by atoms with Crippen LogP contribution in [0.5, 0.6) is 0 Å². The number of Topliss-reactive ketones (excluding diaryl/α,β-unsaturated/α-hetero) is 1. The summed E-state index contributed by atoms with van der Waals surface area (Å²) in [6.07, 6.45) is 4.76. The zero-order chi connectivity index (χ0) is 13.6. The van der Waals surface area contributed by atoms with Crippen LogP contribution in [0.3, 0.4) is 0 Å². The van der Waals surface area contributed by atoms with Crippen LogP contribution in [-0.4, -0.2) is 30.1 Å². The van der Waals surface area contributed by atoms with E-state index < -0.39 is 11.4 Å². The first-order valence-corrected chi connectivity index (χ1v) is 6.91. The Hall–Kier alpha value is -0.900. The Bertz CT molecular complexity index is 300. The van der Waals surface area contributed by atoms with Crippen molar-refractivity contribution in [3.8, 4) is 0 Å². The van der Waals surface area contributed by atoms with E-state index in [1.807, 2.05) is 0 Å². The van der Waals surface area contributed by atoms with E-state index in [1.54, 1.807) is 0 Å². The van der Waals surface area contributed by atoms with Crippen LogP contribution in [0.15, 0.2) is 0 Å². The molecule has 2 unspecified atom stereocenters. The predicted molar refractivity (Wildman–Crippen MR) is 68.4 cm³/mol. The van der Waals surface area contributed by atoms with Crippen LogP contribution >= 0.6 is 0 Å². The molecule has 4 heteroatoms. The summed E-state index contributed by atoms with van der Waals surface area (Å²) in [4.78, 5) is 23.5. The second-order valence-electron chi connectivity index (χ2n) is 5.23. The van der Waals surface area contributed by atoms with Crippen LogP contribution in [0, 0.1) is 11.3 Å². The van der Waals surface area contributed by atoms with Crippen molar-refractivity contribution < 1.29 is 19.4 Å². The molecule has 0 spiro atoms. The normalized spacial score (nSPS) is 26.0. The summed E-state index contributed by atoms with van der Waals surface area (Å²) >= 11 is 0. The number of rotatable bonds is 7. The van der Waals surface area contributed by atoms with Crippen molar-refractivity contribution in [2.24, 2.45) is 11.3 Å². The van der Waals surface area contributed by atoms with E-state index in [1.165, 1.54) is 0 Å². The lowest BCUT2D eigenvalue weighted by atomic mass is 9.72. The van der Waals surface area contributed by atoms with Crippen molar-refractivity contribution in [1.29, 1.82) is 0 Å². The maximum absolute atomic E-state index is 12.0. The first-order valence-electron chi connectivity index (χ1n) is 6.91. The summed E-state index contributed by atoms with van der Waals surface area (Å²) in [6.45, 7) is 4.59. The Balaban J connectivity index is 2.77. The number of carbonyl (C=O) groups excluding carboxylic acids is 1. The van der Waals surface area contributed by atoms with E-state index in [9.17, 15) is 14.7 Å². The summed E-state index contributed by atoms with van der Waals surface area (Å²) in [5.41, 5.74) is -1.29. The standard InChI is InChI=1S/C14H24O4/c1-3-5-6-11(4-2)9-14(13(16)17)10-18-8-7-12(14)15/h11H,3-10H2,1-2H3,(H,16,17). The Morgan fingerprint density at radius 3 is 2.72 bits per heavy atom. The fraction of sp³-hybridized carbons (Fsp3) is 0.857. The third-order valence-corrected chi connectivity index (χ3v) is 3.95. The highest BCUT2D eigenvalue weighted by atomic mass is 16.5. The average Bonchev–Trinajstić information content (AvgIpc) is 2.36. The minimum atomic E-state index is -1.29. The van der Waals surface area contributed by atoms with Crippen molar-refractivity contribution in [2.45, 2.75) is 52.4 Å². The average molecular weight is 256 g/mol. The molecule has 104 valence electrons. The van der Waals surface area contributed by atoms with Gasteiger partial charge in [-0.05, 0) is 12.3 Å². The lowest BCUT2D eigenvalue weighted by Gasteiger charge is -2.34. The molecule has 0 bridgehead atoms. The summed E-state index contributed by atoms with van der Waals surface area (Å²) in [5.74, 6) is -0.870. The zero-order valence-corrected chi connectivity index (χ0v) is 11.4. The second-order valence-corrected chi connectivity index (χ2v) is 5.23. The molecule has 1 rings (SSSR count). The number of carboxylic acid groups (broad SMARTS) is 1. The molecule has 0 radical (unpaired) electrons. The lowest BCUT2D eigenvalue weighted by Crippen LogP contribution is -2.48. The van der Waals surface area contributed by atoms with E-state index in [0.29, 0.717) is 18.9 Å². The molecule has 1 fully saturated rings. The van der Waals surface area contributed by atoms with Crippen LogP contribution in [0.1, 0.15) is 52.4 Å². The summed E-state index contributed by atoms with van der Waals surface area (Å²) in [5, 5.41) is 9.43. The molecular weight excluding hydrogens is 232 g/mol. The highest BCUT2D eigenvalue weighted by Gasteiger charge is 2.48. The molecule has 1 aliphatic heterocycles. The number of carbonyl (C=O) groups is 2. The molecule has 4 nitrogen and oxygen atoms in total. The number of hydrogen-bond donors (Lipinski definition) is 1. The van der Waals surface area contributed by atoms with Crippen molar-refractivity contribution >= 4 is 11.8 Å². The number of ether oxygens (including phenoxy) is 1. The molecule has 0 aromatic rings. The molecule has 18 heavy (non-hydrogen) atoms. The third kappa shape index (κ3) is 3.31. The van der Waals surface area contributed by atoms with Gasteiger partial charge in [-0.2, -0.15) is 0 Å². The van der Waals surface area contributed by atoms with Gasteiger partial charge in [0.1, 0.15) is 5.41 Å². The van der Waals surface area contributed by atoms with Crippen LogP contribution < -0.4 is 0 Å². The van der Waals surface area contributed by atoms with E-state index in [0.717, 1.165) is 25.7 Å². The molecule has 0 aromatic heterocycles. The fourth-order valence-electron chi connectivity index (χ4n) is 2.61. The molecule has 1 aliphatic rings. The quantitative estimate of drug-likeness (QED) is 0.711. The lowest BCUT2D eigenvalue weighted by molar-refractivity contribution is -0.166. The van der Waals surface area contributed by atoms with Gasteiger partial charge in [0.05, 0.1) is 13.2 Å². The highest BCUT2D eigenvalue weighted by molar-refractivity contribution is 6.03. The molecular formula is C14H24O4. The molecule has 0 amide bonds. The summed E-state index contributed by atoms with van der Waals surface area (Å²) < 4.78 is 5.27. The molecule has 2 atom stereocenters. The summed E-state index contributed by atoms with van der Waals surface area (Å²) in [6, 6.07) is 0. The van der Waals surface area contributed by atoms with Gasteiger partial charge in [-0.15, -0.1) is 0 Å². The largest absolute Gasteiger partial charge is 0.480 e. The molecule has 0 saturated carbocycles. The molecule has 0 aliphatic carbocycles. The Morgan fingerprint density at radius 2 is 2.22 bits per heavy atom. The second kappa shape index (κ2) is 6.88. The van der Waals surface area contributed by atoms with Gasteiger partial charge in [0.15, 0.2) is 5.78 Å². The van der Waals surface area contributed by atoms with Gasteiger partial charge < -0.3 is 9.84 Å². The van der Waals surface area contributed by atoms with E-state index in [-0.39, 0.29) is 18.8 Å². The fourth-order valence-corrected chi connectivity index (χ4v) is 2.61. The minimum Gasteiger partial charge on any atom is -0.480 e. The van der Waals surface area contributed by atoms with Crippen molar-refractivity contribution in [3.63, 3.8) is 0 Å². The molecule has 0 aromatic carbocycles. The predicted octanol–water partition coefficient (Wildman–Crippen LogP) is 2.65. The first-order chi connectivity index (χ1) is 8.56. The number of hydrogen-bond acceptors (Lipinski definition) is 3. The Labute approximate surface area is 109 Å². The number of carboxylic acids is 1. The van der Waals surface area contributed by atoms with Crippen molar-refractivity contribution in [1.82, 2.24) is 0 Å². The Morgan fingerprint density at radius 1 is 1.50 bits per heavy atom. The SMILES string of the molecule is CCCCC(CC)CC1(C(=O)O)COCCC1=O. The van der Waals surface area contributed by atoms with Gasteiger partial charge in [-0.3, -0.25) is 9.59 Å². The van der Waals surface area contributed by atoms with Gasteiger partial charge in [0, 0.05) is 6.42 Å². The first kappa shape index (κ1) is 15.2. The zero-order valence-electron chi connectivity index (χ0n) is 11.4. The van der Waals surface area contributed by atoms with Crippen molar-refractivity contribution in [2.75, 3.05) is 13.2 Å². The molecule has 1 heterocycles. The van der Waals surface area contributed by atoms with E-state index in [4.69, 9.17) is 4.74 Å². The van der Waals surface area contributed by atoms with Crippen LogP contribution in [0.25, 0.3) is 0 Å². The number of ketones is 1. The van der Waals surface area contributed by atoms with Gasteiger partial charge in [-0.1, -0.05) is 39.5 Å². The molecule has 1 N–H and O–H groups in total. The topological polar surface area (TPSA) is 63.6 Å². The van der Waals surface area contributed by atoms with Gasteiger partial charge in [0.25, 0.3) is 0 Å². The van der Waals surface area contributed by atoms with Gasteiger partial charge in [-0.25, -0.2) is 0 Å². The number of aliphatic carboxylic acids is 1.